The van der Waals surface area contributed by atoms with E-state index in [1.54, 1.807) is 0 Å². The zero-order valence-corrected chi connectivity index (χ0v) is 18.0. The summed E-state index contributed by atoms with van der Waals surface area (Å²) in [5, 5.41) is 15.2. The lowest BCUT2D eigenvalue weighted by Crippen LogP contribution is -1.82. The molecular weight excluding hydrogens is 352 g/mol. The quantitative estimate of drug-likeness (QED) is 0.508. The third-order valence-corrected chi connectivity index (χ3v) is 2.79. The van der Waals surface area contributed by atoms with Gasteiger partial charge in [0.2, 0.25) is 0 Å². The number of hydrogen-bond donors (Lipinski definition) is 2. The number of carboxylic acid groups (broad SMARTS) is 2. The van der Waals surface area contributed by atoms with Crippen LogP contribution in [0.1, 0.15) is 64.5 Å². The minimum absolute atomic E-state index is 0.833. The van der Waals surface area contributed by atoms with Crippen molar-refractivity contribution in [2.45, 2.75) is 53.4 Å². The predicted molar refractivity (Wildman–Crippen MR) is 123 cm³/mol. The van der Waals surface area contributed by atoms with E-state index in [1.807, 2.05) is 36.4 Å². The van der Waals surface area contributed by atoms with Gasteiger partial charge in [-0.1, -0.05) is 116 Å². The lowest BCUT2D eigenvalue weighted by molar-refractivity contribution is -0.132. The second-order valence-corrected chi connectivity index (χ2v) is 5.12. The van der Waals surface area contributed by atoms with E-state index < -0.39 is 11.9 Å². The van der Waals surface area contributed by atoms with Crippen molar-refractivity contribution in [1.82, 2.24) is 0 Å². The van der Waals surface area contributed by atoms with Crippen LogP contribution in [0, 0.1) is 0 Å². The van der Waals surface area contributed by atoms with Gasteiger partial charge in [0.1, 0.15) is 0 Å². The molecule has 0 fully saturated rings. The molecule has 0 aliphatic rings. The van der Waals surface area contributed by atoms with Gasteiger partial charge in [-0.2, -0.15) is 0 Å². The molecule has 2 N–H and O–H groups in total. The van der Waals surface area contributed by atoms with Gasteiger partial charge in [-0.25, -0.2) is 9.59 Å². The average Bonchev–Trinajstić information content (AvgIpc) is 2.74. The Morgan fingerprint density at radius 1 is 0.714 bits per heavy atom. The molecule has 28 heavy (non-hydrogen) atoms. The minimum atomic E-state index is -0.981. The lowest BCUT2D eigenvalue weighted by Gasteiger charge is -1.96. The summed E-state index contributed by atoms with van der Waals surface area (Å²) in [4.78, 5) is 18.5. The van der Waals surface area contributed by atoms with Crippen LogP contribution >= 0.6 is 0 Å². The van der Waals surface area contributed by atoms with Gasteiger partial charge >= 0.3 is 11.9 Å². The standard InChI is InChI=1S/C10H10.2C4H10.2C3H4O2/c1-3-9-7-5-6-8-10(9)4-2;2*1-3-4-2;2*1-2-3(4)5/h3-8H,1-2H2;2*3-4H2,1-2H3;2*2H,1H2,(H,4,5). The summed E-state index contributed by atoms with van der Waals surface area (Å²) < 4.78 is 0. The van der Waals surface area contributed by atoms with Crippen LogP contribution in [0.5, 0.6) is 0 Å². The van der Waals surface area contributed by atoms with Crippen LogP contribution in [0.25, 0.3) is 12.2 Å². The minimum Gasteiger partial charge on any atom is -0.478 e. The van der Waals surface area contributed by atoms with E-state index in [1.165, 1.54) is 25.7 Å². The van der Waals surface area contributed by atoms with Crippen LogP contribution in [0.15, 0.2) is 62.7 Å². The first-order valence-corrected chi connectivity index (χ1v) is 9.30. The normalized spacial score (nSPS) is 7.57. The van der Waals surface area contributed by atoms with Gasteiger partial charge in [0, 0.05) is 12.2 Å². The SMILES string of the molecule is C=CC(=O)O.C=CC(=O)O.C=Cc1ccccc1C=C.CCCC.CCCC. The lowest BCUT2D eigenvalue weighted by atomic mass is 10.1. The summed E-state index contributed by atoms with van der Waals surface area (Å²) in [6, 6.07) is 8.02. The Morgan fingerprint density at radius 2 is 0.929 bits per heavy atom. The summed E-state index contributed by atoms with van der Waals surface area (Å²) in [5.74, 6) is -1.96. The Kier molecular flexibility index (Phi) is 33.8. The van der Waals surface area contributed by atoms with Gasteiger partial charge in [-0.05, 0) is 11.1 Å². The topological polar surface area (TPSA) is 74.6 Å². The van der Waals surface area contributed by atoms with Crippen molar-refractivity contribution < 1.29 is 19.8 Å². The first-order valence-electron chi connectivity index (χ1n) is 9.30. The Morgan fingerprint density at radius 3 is 1.04 bits per heavy atom. The molecule has 0 atom stereocenters. The van der Waals surface area contributed by atoms with Gasteiger partial charge < -0.3 is 10.2 Å². The molecule has 4 heteroatoms. The van der Waals surface area contributed by atoms with Crippen molar-refractivity contribution in [3.8, 4) is 0 Å². The van der Waals surface area contributed by atoms with E-state index >= 15 is 0 Å². The fourth-order valence-electron chi connectivity index (χ4n) is 0.883. The highest BCUT2D eigenvalue weighted by atomic mass is 16.4. The second-order valence-electron chi connectivity index (χ2n) is 5.12. The molecule has 1 aromatic carbocycles. The maximum Gasteiger partial charge on any atom is 0.327 e. The number of rotatable bonds is 6. The van der Waals surface area contributed by atoms with Gasteiger partial charge in [-0.3, -0.25) is 0 Å². The molecule has 0 saturated heterocycles. The molecule has 0 aromatic heterocycles. The highest BCUT2D eigenvalue weighted by Crippen LogP contribution is 2.10. The van der Waals surface area contributed by atoms with Crippen LogP contribution in [0.3, 0.4) is 0 Å². The molecule has 0 aliphatic carbocycles. The summed E-state index contributed by atoms with van der Waals surface area (Å²) in [5.41, 5.74) is 2.27. The highest BCUT2D eigenvalue weighted by Gasteiger charge is 1.89. The molecule has 0 unspecified atom stereocenters. The van der Waals surface area contributed by atoms with E-state index in [4.69, 9.17) is 10.2 Å². The van der Waals surface area contributed by atoms with Gasteiger partial charge in [0.15, 0.2) is 0 Å². The molecule has 0 bridgehead atoms. The fraction of sp³-hybridized carbons (Fsp3) is 0.333. The Labute approximate surface area is 171 Å². The van der Waals surface area contributed by atoms with E-state index in [0.29, 0.717) is 0 Å². The highest BCUT2D eigenvalue weighted by molar-refractivity contribution is 5.79. The monoisotopic (exact) mass is 390 g/mol. The van der Waals surface area contributed by atoms with Crippen molar-refractivity contribution in [1.29, 1.82) is 0 Å². The van der Waals surface area contributed by atoms with Crippen LogP contribution in [-0.4, -0.2) is 22.2 Å². The van der Waals surface area contributed by atoms with Crippen molar-refractivity contribution >= 4 is 24.1 Å². The van der Waals surface area contributed by atoms with E-state index in [9.17, 15) is 9.59 Å². The molecule has 1 aromatic rings. The van der Waals surface area contributed by atoms with Crippen molar-refractivity contribution in [3.05, 3.63) is 73.9 Å². The fourth-order valence-corrected chi connectivity index (χ4v) is 0.883. The summed E-state index contributed by atoms with van der Waals surface area (Å²) in [6.45, 7) is 22.0. The predicted octanol–water partition coefficient (Wildman–Crippen LogP) is 7.10. The summed E-state index contributed by atoms with van der Waals surface area (Å²) in [6.07, 6.45) is 10.6. The molecule has 1 rings (SSSR count). The third kappa shape index (κ3) is 34.5. The molecule has 0 spiro atoms. The number of carbonyl (C=O) groups is 2. The molecule has 158 valence electrons. The second kappa shape index (κ2) is 28.9. The van der Waals surface area contributed by atoms with Gasteiger partial charge in [-0.15, -0.1) is 0 Å². The Hall–Kier alpha value is -2.88. The molecule has 0 aliphatic heterocycles. The molecule has 4 nitrogen and oxygen atoms in total. The molecular formula is C24H38O4. The molecule has 0 saturated carbocycles. The van der Waals surface area contributed by atoms with Crippen LogP contribution in [0.2, 0.25) is 0 Å². The maximum absolute atomic E-state index is 9.25. The van der Waals surface area contributed by atoms with Crippen molar-refractivity contribution in [2.75, 3.05) is 0 Å². The number of unbranched alkanes of at least 4 members (excludes halogenated alkanes) is 2. The smallest absolute Gasteiger partial charge is 0.327 e. The van der Waals surface area contributed by atoms with E-state index in [2.05, 4.69) is 54.0 Å². The third-order valence-electron chi connectivity index (χ3n) is 2.79. The number of benzene rings is 1. The van der Waals surface area contributed by atoms with Gasteiger partial charge in [0.25, 0.3) is 0 Å². The first-order chi connectivity index (χ1) is 13.2. The zero-order valence-electron chi connectivity index (χ0n) is 18.0. The zero-order chi connectivity index (χ0) is 22.8. The summed E-state index contributed by atoms with van der Waals surface area (Å²) >= 11 is 0. The Bertz CT molecular complexity index is 492. The number of aliphatic carboxylic acids is 2. The maximum atomic E-state index is 9.25. The number of hydrogen-bond acceptors (Lipinski definition) is 2. The summed E-state index contributed by atoms with van der Waals surface area (Å²) in [7, 11) is 0. The Balaban J connectivity index is -0.000000138. The van der Waals surface area contributed by atoms with Crippen LogP contribution in [-0.2, 0) is 9.59 Å². The van der Waals surface area contributed by atoms with E-state index in [-0.39, 0.29) is 0 Å². The van der Waals surface area contributed by atoms with Crippen LogP contribution in [0.4, 0.5) is 0 Å². The average molecular weight is 391 g/mol. The molecule has 0 amide bonds. The first kappa shape index (κ1) is 32.8. The molecule has 0 heterocycles. The van der Waals surface area contributed by atoms with Gasteiger partial charge in [0.05, 0.1) is 0 Å². The van der Waals surface area contributed by atoms with Crippen molar-refractivity contribution in [3.63, 3.8) is 0 Å². The van der Waals surface area contributed by atoms with E-state index in [0.717, 1.165) is 23.3 Å². The number of carboxylic acids is 2. The van der Waals surface area contributed by atoms with Crippen LogP contribution < -0.4 is 0 Å². The molecule has 0 radical (unpaired) electrons. The largest absolute Gasteiger partial charge is 0.478 e. The van der Waals surface area contributed by atoms with Crippen molar-refractivity contribution in [2.24, 2.45) is 0 Å².